The number of halogens is 1. The van der Waals surface area contributed by atoms with Crippen LogP contribution in [0.2, 0.25) is 0 Å². The molecular weight excluding hydrogens is 226 g/mol. The van der Waals surface area contributed by atoms with Crippen LogP contribution in [-0.2, 0) is 4.79 Å². The number of carbonyl (C=O) groups is 1. The largest absolute Gasteiger partial charge is 0.339 e. The summed E-state index contributed by atoms with van der Waals surface area (Å²) in [5.74, 6) is -0.104. The molecule has 0 unspecified atom stereocenters. The van der Waals surface area contributed by atoms with Crippen LogP contribution in [-0.4, -0.2) is 54.3 Å². The number of carbonyl (C=O) groups excluding carboxylic acids is 1. The van der Waals surface area contributed by atoms with Crippen LogP contribution in [0, 0.1) is 11.3 Å². The number of likely N-dealkylation sites (N-methyl/N-ethyl adjacent to an activating group) is 1. The number of nitriles is 1. The van der Waals surface area contributed by atoms with Crippen molar-refractivity contribution in [2.45, 2.75) is 20.3 Å². The first-order chi connectivity index (χ1) is 7.69. The van der Waals surface area contributed by atoms with E-state index in [-0.39, 0.29) is 11.8 Å². The van der Waals surface area contributed by atoms with Gasteiger partial charge in [0.15, 0.2) is 0 Å². The summed E-state index contributed by atoms with van der Waals surface area (Å²) in [6, 6.07) is 2.04. The maximum absolute atomic E-state index is 11.5. The average Bonchev–Trinajstić information content (AvgIpc) is 2.33. The number of rotatable bonds is 8. The Labute approximate surface area is 103 Å². The van der Waals surface area contributed by atoms with Crippen molar-refractivity contribution in [2.75, 3.05) is 38.6 Å². The van der Waals surface area contributed by atoms with Gasteiger partial charge in [-0.3, -0.25) is 4.79 Å². The van der Waals surface area contributed by atoms with Gasteiger partial charge in [0.1, 0.15) is 5.88 Å². The van der Waals surface area contributed by atoms with Gasteiger partial charge in [-0.05, 0) is 13.1 Å². The molecule has 0 spiro atoms. The van der Waals surface area contributed by atoms with E-state index in [9.17, 15) is 4.79 Å². The van der Waals surface area contributed by atoms with Gasteiger partial charge in [0.2, 0.25) is 5.91 Å². The fourth-order valence-corrected chi connectivity index (χ4v) is 1.60. The Balaban J connectivity index is 4.10. The molecule has 0 saturated heterocycles. The zero-order valence-corrected chi connectivity index (χ0v) is 10.8. The van der Waals surface area contributed by atoms with E-state index in [1.54, 1.807) is 4.90 Å². The normalized spacial score (nSPS) is 10.2. The predicted molar refractivity (Wildman–Crippen MR) is 65.3 cm³/mol. The zero-order chi connectivity index (χ0) is 12.4. The minimum absolute atomic E-state index is 0.0102. The smallest absolute Gasteiger partial charge is 0.237 e. The van der Waals surface area contributed by atoms with Crippen molar-refractivity contribution in [2.24, 2.45) is 0 Å². The molecule has 5 heteroatoms. The van der Waals surface area contributed by atoms with Gasteiger partial charge in [0.05, 0.1) is 12.5 Å². The van der Waals surface area contributed by atoms with Crippen LogP contribution in [0.4, 0.5) is 0 Å². The molecule has 0 aromatic rings. The van der Waals surface area contributed by atoms with Crippen LogP contribution >= 0.6 is 11.6 Å². The monoisotopic (exact) mass is 245 g/mol. The van der Waals surface area contributed by atoms with Crippen LogP contribution in [0.25, 0.3) is 0 Å². The summed E-state index contributed by atoms with van der Waals surface area (Å²) in [6.45, 7) is 8.08. The molecule has 0 N–H and O–H groups in total. The van der Waals surface area contributed by atoms with Gasteiger partial charge in [-0.15, -0.1) is 11.6 Å². The van der Waals surface area contributed by atoms with Gasteiger partial charge >= 0.3 is 0 Å². The molecule has 0 radical (unpaired) electrons. The highest BCUT2D eigenvalue weighted by atomic mass is 35.5. The van der Waals surface area contributed by atoms with E-state index in [1.165, 1.54) is 0 Å². The molecule has 4 nitrogen and oxygen atoms in total. The third-order valence-electron chi connectivity index (χ3n) is 2.54. The maximum Gasteiger partial charge on any atom is 0.237 e. The number of nitrogens with zero attached hydrogens (tertiary/aromatic N) is 3. The first kappa shape index (κ1) is 15.2. The second-order valence-electron chi connectivity index (χ2n) is 3.45. The summed E-state index contributed by atoms with van der Waals surface area (Å²) in [7, 11) is 0. The van der Waals surface area contributed by atoms with Crippen molar-refractivity contribution in [1.29, 1.82) is 5.26 Å². The number of hydrogen-bond donors (Lipinski definition) is 0. The van der Waals surface area contributed by atoms with Crippen LogP contribution in [0.3, 0.4) is 0 Å². The second kappa shape index (κ2) is 9.44. The molecular formula is C11H20ClN3O. The van der Waals surface area contributed by atoms with Crippen molar-refractivity contribution in [3.63, 3.8) is 0 Å². The van der Waals surface area contributed by atoms with Gasteiger partial charge in [0.25, 0.3) is 0 Å². The summed E-state index contributed by atoms with van der Waals surface area (Å²) in [5, 5.41) is 8.51. The van der Waals surface area contributed by atoms with Crippen molar-refractivity contribution in [3.8, 4) is 6.07 Å². The Morgan fingerprint density at radius 1 is 1.25 bits per heavy atom. The standard InChI is InChI=1S/C11H20ClN3O/c1-3-14(4-2)8-9-15(7-5-6-13)11(16)10-12/h3-5,7-10H2,1-2H3. The number of hydrogen-bond acceptors (Lipinski definition) is 3. The molecule has 16 heavy (non-hydrogen) atoms. The molecule has 0 bridgehead atoms. The quantitative estimate of drug-likeness (QED) is 0.606. The zero-order valence-electron chi connectivity index (χ0n) is 10.1. The first-order valence-corrected chi connectivity index (χ1v) is 6.16. The van der Waals surface area contributed by atoms with Crippen LogP contribution in [0.1, 0.15) is 20.3 Å². The van der Waals surface area contributed by atoms with E-state index in [0.29, 0.717) is 19.5 Å². The SMILES string of the molecule is CCN(CC)CCN(CCC#N)C(=O)CCl. The minimum Gasteiger partial charge on any atom is -0.339 e. The molecule has 0 heterocycles. The first-order valence-electron chi connectivity index (χ1n) is 5.62. The number of amides is 1. The lowest BCUT2D eigenvalue weighted by atomic mass is 10.3. The fourth-order valence-electron chi connectivity index (χ4n) is 1.43. The van der Waals surface area contributed by atoms with Crippen LogP contribution < -0.4 is 0 Å². The van der Waals surface area contributed by atoms with Crippen molar-refractivity contribution < 1.29 is 4.79 Å². The average molecular weight is 246 g/mol. The molecule has 0 aliphatic heterocycles. The highest BCUT2D eigenvalue weighted by Gasteiger charge is 2.12. The number of alkyl halides is 1. The van der Waals surface area contributed by atoms with Gasteiger partial charge in [-0.2, -0.15) is 5.26 Å². The fraction of sp³-hybridized carbons (Fsp3) is 0.818. The lowest BCUT2D eigenvalue weighted by Gasteiger charge is -2.25. The second-order valence-corrected chi connectivity index (χ2v) is 3.72. The Hall–Kier alpha value is -0.790. The summed E-state index contributed by atoms with van der Waals surface area (Å²) in [5.41, 5.74) is 0. The lowest BCUT2D eigenvalue weighted by molar-refractivity contribution is -0.128. The van der Waals surface area contributed by atoms with E-state index >= 15 is 0 Å². The van der Waals surface area contributed by atoms with E-state index < -0.39 is 0 Å². The summed E-state index contributed by atoms with van der Waals surface area (Å²) >= 11 is 5.52. The summed E-state index contributed by atoms with van der Waals surface area (Å²) < 4.78 is 0. The molecule has 0 aromatic heterocycles. The van der Waals surface area contributed by atoms with E-state index in [1.807, 2.05) is 6.07 Å². The summed E-state index contributed by atoms with van der Waals surface area (Å²) in [6.07, 6.45) is 0.362. The van der Waals surface area contributed by atoms with E-state index in [4.69, 9.17) is 16.9 Å². The predicted octanol–water partition coefficient (Wildman–Crippen LogP) is 1.31. The molecule has 0 rings (SSSR count). The Morgan fingerprint density at radius 3 is 2.31 bits per heavy atom. The van der Waals surface area contributed by atoms with Crippen LogP contribution in [0.5, 0.6) is 0 Å². The van der Waals surface area contributed by atoms with Gasteiger partial charge < -0.3 is 9.80 Å². The molecule has 0 aliphatic rings. The topological polar surface area (TPSA) is 47.3 Å². The molecule has 92 valence electrons. The molecule has 0 saturated carbocycles. The Morgan fingerprint density at radius 2 is 1.88 bits per heavy atom. The van der Waals surface area contributed by atoms with Crippen molar-refractivity contribution in [3.05, 3.63) is 0 Å². The summed E-state index contributed by atoms with van der Waals surface area (Å²) in [4.78, 5) is 15.4. The third kappa shape index (κ3) is 5.94. The molecule has 0 aromatic carbocycles. The maximum atomic E-state index is 11.5. The van der Waals surface area contributed by atoms with Crippen molar-refractivity contribution in [1.82, 2.24) is 9.80 Å². The van der Waals surface area contributed by atoms with E-state index in [2.05, 4.69) is 18.7 Å². The lowest BCUT2D eigenvalue weighted by Crippen LogP contribution is -2.39. The molecule has 0 atom stereocenters. The highest BCUT2D eigenvalue weighted by Crippen LogP contribution is 1.97. The Kier molecular flexibility index (Phi) is 8.97. The van der Waals surface area contributed by atoms with Gasteiger partial charge in [0, 0.05) is 19.6 Å². The molecule has 0 aliphatic carbocycles. The van der Waals surface area contributed by atoms with Crippen LogP contribution in [0.15, 0.2) is 0 Å². The van der Waals surface area contributed by atoms with Gasteiger partial charge in [-0.25, -0.2) is 0 Å². The van der Waals surface area contributed by atoms with Gasteiger partial charge in [-0.1, -0.05) is 13.8 Å². The highest BCUT2D eigenvalue weighted by molar-refractivity contribution is 6.27. The Bertz CT molecular complexity index is 236. The molecule has 1 amide bonds. The molecule has 0 fully saturated rings. The van der Waals surface area contributed by atoms with Crippen molar-refractivity contribution >= 4 is 17.5 Å². The minimum atomic E-state index is -0.0935. The van der Waals surface area contributed by atoms with E-state index in [0.717, 1.165) is 19.6 Å². The third-order valence-corrected chi connectivity index (χ3v) is 2.77.